The van der Waals surface area contributed by atoms with Crippen LogP contribution in [0, 0.1) is 11.8 Å². The third-order valence-electron chi connectivity index (χ3n) is 3.71. The smallest absolute Gasteiger partial charge is 0.159 e. The molecule has 0 aromatic heterocycles. The molecule has 20 heavy (non-hydrogen) atoms. The van der Waals surface area contributed by atoms with Crippen LogP contribution in [-0.4, -0.2) is 22.6 Å². The second kappa shape index (κ2) is 7.09. The van der Waals surface area contributed by atoms with E-state index in [0.717, 1.165) is 6.42 Å². The monoisotopic (exact) mass is 280 g/mol. The number of aliphatic hydroxyl groups is 1. The summed E-state index contributed by atoms with van der Waals surface area (Å²) in [7, 11) is 0. The fourth-order valence-corrected chi connectivity index (χ4v) is 2.24. The Morgan fingerprint density at radius 1 is 1.10 bits per heavy atom. The Labute approximate surface area is 122 Å². The minimum atomic E-state index is -1.07. The van der Waals surface area contributed by atoms with E-state index in [2.05, 4.69) is 20.8 Å². The van der Waals surface area contributed by atoms with Gasteiger partial charge in [-0.1, -0.05) is 32.9 Å². The van der Waals surface area contributed by atoms with Crippen LogP contribution in [0.5, 0.6) is 5.75 Å². The number of aromatic hydroxyl groups is 1. The van der Waals surface area contributed by atoms with Crippen LogP contribution in [0.25, 0.3) is 0 Å². The maximum atomic E-state index is 9.68. The summed E-state index contributed by atoms with van der Waals surface area (Å²) < 4.78 is 5.52. The molecule has 0 saturated heterocycles. The van der Waals surface area contributed by atoms with Crippen molar-refractivity contribution in [2.45, 2.75) is 52.7 Å². The molecular weight excluding hydrogens is 252 g/mol. The van der Waals surface area contributed by atoms with Crippen molar-refractivity contribution < 1.29 is 14.9 Å². The topological polar surface area (TPSA) is 49.7 Å². The Morgan fingerprint density at radius 2 is 1.65 bits per heavy atom. The third-order valence-corrected chi connectivity index (χ3v) is 3.71. The Hall–Kier alpha value is -1.06. The van der Waals surface area contributed by atoms with Crippen molar-refractivity contribution in [3.63, 3.8) is 0 Å². The van der Waals surface area contributed by atoms with Gasteiger partial charge < -0.3 is 14.9 Å². The van der Waals surface area contributed by atoms with E-state index in [-0.39, 0.29) is 0 Å². The van der Waals surface area contributed by atoms with Crippen LogP contribution in [0.2, 0.25) is 0 Å². The highest BCUT2D eigenvalue weighted by atomic mass is 16.6. The van der Waals surface area contributed by atoms with Gasteiger partial charge in [0.25, 0.3) is 0 Å². The van der Waals surface area contributed by atoms with E-state index < -0.39 is 5.79 Å². The Morgan fingerprint density at radius 3 is 2.10 bits per heavy atom. The van der Waals surface area contributed by atoms with Crippen LogP contribution in [0.3, 0.4) is 0 Å². The lowest BCUT2D eigenvalue weighted by Crippen LogP contribution is -2.29. The number of ether oxygens (including phenoxy) is 1. The van der Waals surface area contributed by atoms with E-state index in [9.17, 15) is 10.2 Å². The van der Waals surface area contributed by atoms with Crippen molar-refractivity contribution in [2.75, 3.05) is 6.61 Å². The first-order valence-electron chi connectivity index (χ1n) is 7.34. The molecule has 1 aromatic rings. The van der Waals surface area contributed by atoms with Crippen LogP contribution in [0.4, 0.5) is 0 Å². The van der Waals surface area contributed by atoms with Gasteiger partial charge in [-0.15, -0.1) is 0 Å². The molecule has 0 aliphatic heterocycles. The molecule has 3 nitrogen and oxygen atoms in total. The van der Waals surface area contributed by atoms with Gasteiger partial charge in [-0.05, 0) is 55.7 Å². The summed E-state index contributed by atoms with van der Waals surface area (Å²) in [5.41, 5.74) is 1.22. The minimum absolute atomic E-state index is 0.298. The summed E-state index contributed by atoms with van der Waals surface area (Å²) >= 11 is 0. The third kappa shape index (κ3) is 5.93. The van der Waals surface area contributed by atoms with E-state index in [0.29, 0.717) is 30.1 Å². The first kappa shape index (κ1) is 17.0. The lowest BCUT2D eigenvalue weighted by Gasteiger charge is -2.28. The van der Waals surface area contributed by atoms with Crippen LogP contribution in [-0.2, 0) is 4.74 Å². The molecule has 0 saturated carbocycles. The Kier molecular flexibility index (Phi) is 6.03. The first-order valence-corrected chi connectivity index (χ1v) is 7.34. The molecule has 3 heteroatoms. The highest BCUT2D eigenvalue weighted by Crippen LogP contribution is 2.29. The van der Waals surface area contributed by atoms with Gasteiger partial charge in [-0.3, -0.25) is 0 Å². The molecule has 1 rings (SSSR count). The van der Waals surface area contributed by atoms with Gasteiger partial charge in [0.05, 0.1) is 6.61 Å². The summed E-state index contributed by atoms with van der Waals surface area (Å²) in [6.07, 6.45) is 0.999. The average molecular weight is 280 g/mol. The van der Waals surface area contributed by atoms with Crippen molar-refractivity contribution in [2.24, 2.45) is 11.8 Å². The van der Waals surface area contributed by atoms with Gasteiger partial charge in [-0.25, -0.2) is 0 Å². The number of benzene rings is 1. The molecule has 2 atom stereocenters. The van der Waals surface area contributed by atoms with E-state index in [1.165, 1.54) is 5.56 Å². The zero-order chi connectivity index (χ0) is 15.3. The van der Waals surface area contributed by atoms with Crippen molar-refractivity contribution >= 4 is 0 Å². The summed E-state index contributed by atoms with van der Waals surface area (Å²) in [4.78, 5) is 0. The predicted octanol–water partition coefficient (Wildman–Crippen LogP) is 3.90. The lowest BCUT2D eigenvalue weighted by molar-refractivity contribution is -0.186. The molecule has 114 valence electrons. The van der Waals surface area contributed by atoms with Crippen molar-refractivity contribution in [3.05, 3.63) is 29.8 Å². The van der Waals surface area contributed by atoms with Crippen LogP contribution < -0.4 is 0 Å². The van der Waals surface area contributed by atoms with E-state index >= 15 is 0 Å². The molecule has 0 aliphatic carbocycles. The second-order valence-corrected chi connectivity index (χ2v) is 6.49. The van der Waals surface area contributed by atoms with E-state index in [1.54, 1.807) is 26.0 Å². The number of phenolic OH excluding ortho intramolecular Hbond substituents is 1. The average Bonchev–Trinajstić information content (AvgIpc) is 2.33. The van der Waals surface area contributed by atoms with Gasteiger partial charge >= 0.3 is 0 Å². The van der Waals surface area contributed by atoms with Crippen LogP contribution in [0.1, 0.15) is 52.5 Å². The number of phenols is 1. The van der Waals surface area contributed by atoms with Crippen molar-refractivity contribution in [1.29, 1.82) is 0 Å². The normalized spacial score (nSPS) is 15.3. The largest absolute Gasteiger partial charge is 0.508 e. The zero-order valence-corrected chi connectivity index (χ0v) is 13.3. The molecule has 0 aliphatic rings. The predicted molar refractivity (Wildman–Crippen MR) is 81.7 cm³/mol. The maximum absolute atomic E-state index is 9.68. The number of hydrogen-bond acceptors (Lipinski definition) is 3. The summed E-state index contributed by atoms with van der Waals surface area (Å²) in [6, 6.07) is 7.38. The van der Waals surface area contributed by atoms with Gasteiger partial charge in [0.15, 0.2) is 5.79 Å². The first-order chi connectivity index (χ1) is 9.19. The molecule has 2 unspecified atom stereocenters. The summed E-state index contributed by atoms with van der Waals surface area (Å²) in [5.74, 6) is 0.511. The SMILES string of the molecule is CC(CC(COC(C)(C)O)C(C)C)c1ccc(O)cc1. The van der Waals surface area contributed by atoms with Gasteiger partial charge in [0, 0.05) is 0 Å². The molecule has 0 bridgehead atoms. The highest BCUT2D eigenvalue weighted by Gasteiger charge is 2.22. The second-order valence-electron chi connectivity index (χ2n) is 6.49. The standard InChI is InChI=1S/C17H28O3/c1-12(2)15(11-20-17(4,5)19)10-13(3)14-6-8-16(18)9-7-14/h6-9,12-13,15,18-19H,10-11H2,1-5H3. The molecule has 0 fully saturated rings. The molecular formula is C17H28O3. The van der Waals surface area contributed by atoms with E-state index in [1.807, 2.05) is 12.1 Å². The fraction of sp³-hybridized carbons (Fsp3) is 0.647. The summed E-state index contributed by atoms with van der Waals surface area (Å²) in [5, 5.41) is 19.0. The van der Waals surface area contributed by atoms with Gasteiger partial charge in [0.1, 0.15) is 5.75 Å². The molecule has 1 aromatic carbocycles. The van der Waals surface area contributed by atoms with Crippen molar-refractivity contribution in [3.8, 4) is 5.75 Å². The molecule has 0 spiro atoms. The highest BCUT2D eigenvalue weighted by molar-refractivity contribution is 5.28. The summed E-state index contributed by atoms with van der Waals surface area (Å²) in [6.45, 7) is 10.4. The molecule has 0 heterocycles. The molecule has 0 amide bonds. The number of hydrogen-bond donors (Lipinski definition) is 2. The zero-order valence-electron chi connectivity index (χ0n) is 13.3. The maximum Gasteiger partial charge on any atom is 0.159 e. The Balaban J connectivity index is 2.63. The van der Waals surface area contributed by atoms with E-state index in [4.69, 9.17) is 4.74 Å². The molecule has 0 radical (unpaired) electrons. The quantitative estimate of drug-likeness (QED) is 0.745. The molecule has 2 N–H and O–H groups in total. The lowest BCUT2D eigenvalue weighted by atomic mass is 9.84. The van der Waals surface area contributed by atoms with Gasteiger partial charge in [-0.2, -0.15) is 0 Å². The van der Waals surface area contributed by atoms with Crippen LogP contribution >= 0.6 is 0 Å². The van der Waals surface area contributed by atoms with Crippen molar-refractivity contribution in [1.82, 2.24) is 0 Å². The number of rotatable bonds is 7. The fourth-order valence-electron chi connectivity index (χ4n) is 2.24. The Bertz CT molecular complexity index is 390. The van der Waals surface area contributed by atoms with Crippen LogP contribution in [0.15, 0.2) is 24.3 Å². The minimum Gasteiger partial charge on any atom is -0.508 e. The van der Waals surface area contributed by atoms with Gasteiger partial charge in [0.2, 0.25) is 0 Å².